The Hall–Kier alpha value is -2.27. The minimum atomic E-state index is -1.43. The van der Waals surface area contributed by atoms with E-state index in [9.17, 15) is 18.7 Å². The Morgan fingerprint density at radius 1 is 1.12 bits per heavy atom. The highest BCUT2D eigenvalue weighted by Crippen LogP contribution is 2.20. The highest BCUT2D eigenvalue weighted by Gasteiger charge is 2.20. The highest BCUT2D eigenvalue weighted by molar-refractivity contribution is 5.78. The van der Waals surface area contributed by atoms with E-state index in [0.717, 1.165) is 23.3 Å². The molecule has 0 radical (unpaired) electrons. The molecule has 0 aliphatic rings. The first kappa shape index (κ1) is 18.1. The van der Waals surface area contributed by atoms with Gasteiger partial charge in [0.25, 0.3) is 0 Å². The van der Waals surface area contributed by atoms with Crippen LogP contribution in [0.2, 0.25) is 0 Å². The lowest BCUT2D eigenvalue weighted by molar-refractivity contribution is -0.125. The molecule has 3 nitrogen and oxygen atoms in total. The molecule has 0 fully saturated rings. The van der Waals surface area contributed by atoms with Gasteiger partial charge in [-0.05, 0) is 31.0 Å². The minimum Gasteiger partial charge on any atom is -0.386 e. The summed E-state index contributed by atoms with van der Waals surface area (Å²) in [4.78, 5) is 12.1. The Labute approximate surface area is 140 Å². The van der Waals surface area contributed by atoms with Crippen LogP contribution in [0.3, 0.4) is 0 Å². The number of aliphatic hydroxyl groups excluding tert-OH is 1. The summed E-state index contributed by atoms with van der Waals surface area (Å²) in [5, 5.41) is 12.5. The lowest BCUT2D eigenvalue weighted by Gasteiger charge is -2.16. The van der Waals surface area contributed by atoms with E-state index in [2.05, 4.69) is 5.32 Å². The summed E-state index contributed by atoms with van der Waals surface area (Å²) in [5.74, 6) is -2.24. The van der Waals surface area contributed by atoms with Gasteiger partial charge < -0.3 is 10.4 Å². The summed E-state index contributed by atoms with van der Waals surface area (Å²) in [6.45, 7) is 3.52. The molecule has 2 N–H and O–H groups in total. The third-order valence-corrected chi connectivity index (χ3v) is 3.91. The van der Waals surface area contributed by atoms with Crippen LogP contribution < -0.4 is 5.32 Å². The number of aliphatic hydroxyl groups is 1. The van der Waals surface area contributed by atoms with Crippen LogP contribution in [0.4, 0.5) is 8.78 Å². The van der Waals surface area contributed by atoms with Gasteiger partial charge in [-0.1, -0.05) is 42.8 Å². The number of hydrogen-bond acceptors (Lipinski definition) is 2. The largest absolute Gasteiger partial charge is 0.386 e. The zero-order valence-corrected chi connectivity index (χ0v) is 13.7. The molecule has 24 heavy (non-hydrogen) atoms. The molecule has 0 aliphatic heterocycles. The van der Waals surface area contributed by atoms with E-state index in [1.807, 2.05) is 31.2 Å². The number of aryl methyl sites for hydroxylation is 1. The molecule has 0 aromatic heterocycles. The number of hydrogen-bond donors (Lipinski definition) is 2. The number of benzene rings is 2. The fraction of sp³-hybridized carbons (Fsp3) is 0.316. The van der Waals surface area contributed by atoms with Crippen molar-refractivity contribution in [2.75, 3.05) is 6.54 Å². The summed E-state index contributed by atoms with van der Waals surface area (Å²) in [6.07, 6.45) is -0.877. The van der Waals surface area contributed by atoms with Gasteiger partial charge in [0.1, 0.15) is 17.7 Å². The van der Waals surface area contributed by atoms with Gasteiger partial charge in [0.2, 0.25) is 5.91 Å². The van der Waals surface area contributed by atoms with Crippen LogP contribution >= 0.6 is 0 Å². The molecule has 5 heteroatoms. The van der Waals surface area contributed by atoms with Crippen molar-refractivity contribution in [1.82, 2.24) is 5.32 Å². The topological polar surface area (TPSA) is 49.3 Å². The van der Waals surface area contributed by atoms with Crippen molar-refractivity contribution >= 4 is 5.91 Å². The van der Waals surface area contributed by atoms with E-state index < -0.39 is 23.3 Å². The maximum Gasteiger partial charge on any atom is 0.223 e. The second-order valence-electron chi connectivity index (χ2n) is 5.99. The van der Waals surface area contributed by atoms with E-state index in [0.29, 0.717) is 6.42 Å². The maximum atomic E-state index is 13.6. The summed E-state index contributed by atoms with van der Waals surface area (Å²) < 4.78 is 27.2. The number of carbonyl (C=O) groups is 1. The quantitative estimate of drug-likeness (QED) is 0.852. The van der Waals surface area contributed by atoms with Crippen molar-refractivity contribution in [3.8, 4) is 0 Å². The third-order valence-electron chi connectivity index (χ3n) is 3.91. The molecule has 2 aromatic rings. The molecule has 0 saturated heterocycles. The predicted octanol–water partition coefficient (Wildman–Crippen LogP) is 3.30. The molecule has 0 saturated carbocycles. The predicted molar refractivity (Wildman–Crippen MR) is 88.4 cm³/mol. The SMILES string of the molecule is Cc1ccc(CC(C)C(=O)NCC(O)c2c(F)cccc2F)cc1. The fourth-order valence-electron chi connectivity index (χ4n) is 2.47. The zero-order chi connectivity index (χ0) is 17.7. The Balaban J connectivity index is 1.91. The van der Waals surface area contributed by atoms with Crippen molar-refractivity contribution in [2.24, 2.45) is 5.92 Å². The molecule has 2 unspecified atom stereocenters. The van der Waals surface area contributed by atoms with Crippen molar-refractivity contribution in [2.45, 2.75) is 26.4 Å². The van der Waals surface area contributed by atoms with Gasteiger partial charge in [-0.2, -0.15) is 0 Å². The van der Waals surface area contributed by atoms with Gasteiger partial charge in [0, 0.05) is 12.5 Å². The van der Waals surface area contributed by atoms with E-state index in [4.69, 9.17) is 0 Å². The summed E-state index contributed by atoms with van der Waals surface area (Å²) in [7, 11) is 0. The number of nitrogens with one attached hydrogen (secondary N) is 1. The van der Waals surface area contributed by atoms with Crippen molar-refractivity contribution in [3.05, 3.63) is 70.8 Å². The Bertz CT molecular complexity index is 681. The lowest BCUT2D eigenvalue weighted by Crippen LogP contribution is -2.34. The normalized spacial score (nSPS) is 13.4. The van der Waals surface area contributed by atoms with Gasteiger partial charge in [0.05, 0.1) is 5.56 Å². The van der Waals surface area contributed by atoms with Gasteiger partial charge in [-0.25, -0.2) is 8.78 Å². The van der Waals surface area contributed by atoms with Gasteiger partial charge in [0.15, 0.2) is 0 Å². The Kier molecular flexibility index (Phi) is 6.04. The highest BCUT2D eigenvalue weighted by atomic mass is 19.1. The molecule has 0 bridgehead atoms. The summed E-state index contributed by atoms with van der Waals surface area (Å²) in [5.41, 5.74) is 1.75. The van der Waals surface area contributed by atoms with Gasteiger partial charge >= 0.3 is 0 Å². The molecule has 0 spiro atoms. The van der Waals surface area contributed by atoms with Crippen LogP contribution in [0, 0.1) is 24.5 Å². The average molecular weight is 333 g/mol. The first-order valence-electron chi connectivity index (χ1n) is 7.83. The Morgan fingerprint density at radius 2 is 1.71 bits per heavy atom. The van der Waals surface area contributed by atoms with Crippen molar-refractivity contribution < 1.29 is 18.7 Å². The van der Waals surface area contributed by atoms with Crippen LogP contribution in [0.15, 0.2) is 42.5 Å². The molecule has 0 aliphatic carbocycles. The van der Waals surface area contributed by atoms with Crippen LogP contribution in [-0.4, -0.2) is 17.6 Å². The minimum absolute atomic E-state index is 0.241. The first-order valence-corrected chi connectivity index (χ1v) is 7.83. The van der Waals surface area contributed by atoms with Crippen LogP contribution in [-0.2, 0) is 11.2 Å². The zero-order valence-electron chi connectivity index (χ0n) is 13.7. The number of halogens is 2. The molecule has 2 atom stereocenters. The second-order valence-corrected chi connectivity index (χ2v) is 5.99. The smallest absolute Gasteiger partial charge is 0.223 e. The first-order chi connectivity index (χ1) is 11.4. The van der Waals surface area contributed by atoms with E-state index in [1.54, 1.807) is 6.92 Å². The number of carbonyl (C=O) groups excluding carboxylic acids is 1. The monoisotopic (exact) mass is 333 g/mol. The molecule has 1 amide bonds. The van der Waals surface area contributed by atoms with E-state index in [-0.39, 0.29) is 18.4 Å². The maximum absolute atomic E-state index is 13.6. The van der Waals surface area contributed by atoms with Crippen molar-refractivity contribution in [1.29, 1.82) is 0 Å². The summed E-state index contributed by atoms with van der Waals surface area (Å²) in [6, 6.07) is 11.2. The van der Waals surface area contributed by atoms with E-state index >= 15 is 0 Å². The number of amides is 1. The third kappa shape index (κ3) is 4.61. The molecule has 2 aromatic carbocycles. The fourth-order valence-corrected chi connectivity index (χ4v) is 2.47. The molecular formula is C19H21F2NO2. The number of rotatable bonds is 6. The average Bonchev–Trinajstić information content (AvgIpc) is 2.54. The van der Waals surface area contributed by atoms with Crippen LogP contribution in [0.25, 0.3) is 0 Å². The Morgan fingerprint density at radius 3 is 2.29 bits per heavy atom. The summed E-state index contributed by atoms with van der Waals surface area (Å²) >= 11 is 0. The molecule has 128 valence electrons. The molecule has 0 heterocycles. The standard InChI is InChI=1S/C19H21F2NO2/c1-12-6-8-14(9-7-12)10-13(2)19(24)22-11-17(23)18-15(20)4-3-5-16(18)21/h3-9,13,17,23H,10-11H2,1-2H3,(H,22,24). The van der Waals surface area contributed by atoms with Gasteiger partial charge in [-0.3, -0.25) is 4.79 Å². The van der Waals surface area contributed by atoms with Gasteiger partial charge in [-0.15, -0.1) is 0 Å². The molecular weight excluding hydrogens is 312 g/mol. The molecule has 2 rings (SSSR count). The van der Waals surface area contributed by atoms with Crippen molar-refractivity contribution in [3.63, 3.8) is 0 Å². The van der Waals surface area contributed by atoms with Crippen LogP contribution in [0.1, 0.15) is 29.7 Å². The van der Waals surface area contributed by atoms with Crippen LogP contribution in [0.5, 0.6) is 0 Å². The lowest BCUT2D eigenvalue weighted by atomic mass is 9.99. The van der Waals surface area contributed by atoms with E-state index in [1.165, 1.54) is 6.07 Å². The second kappa shape index (κ2) is 8.02.